The van der Waals surface area contributed by atoms with Crippen LogP contribution in [0.2, 0.25) is 0 Å². The molecule has 1 rings (SSSR count). The van der Waals surface area contributed by atoms with Crippen LogP contribution in [0, 0.1) is 16.0 Å². The Labute approximate surface area is 99.9 Å². The van der Waals surface area contributed by atoms with Crippen molar-refractivity contribution in [1.29, 1.82) is 0 Å². The molecule has 0 aliphatic carbocycles. The highest BCUT2D eigenvalue weighted by Crippen LogP contribution is 2.21. The first kappa shape index (κ1) is 13.2. The molecule has 0 fully saturated rings. The summed E-state index contributed by atoms with van der Waals surface area (Å²) < 4.78 is 5.43. The summed E-state index contributed by atoms with van der Waals surface area (Å²) in [6, 6.07) is 2.50. The molecule has 1 aromatic rings. The van der Waals surface area contributed by atoms with Crippen LogP contribution >= 0.6 is 0 Å². The molecule has 0 saturated carbocycles. The lowest BCUT2D eigenvalue weighted by molar-refractivity contribution is -0.384. The molecule has 1 aromatic heterocycles. The first-order chi connectivity index (χ1) is 8.06. The Morgan fingerprint density at radius 1 is 1.47 bits per heavy atom. The molecule has 0 aliphatic heterocycles. The maximum absolute atomic E-state index is 10.6. The quantitative estimate of drug-likeness (QED) is 0.607. The molecule has 0 aliphatic rings. The van der Waals surface area contributed by atoms with E-state index in [0.29, 0.717) is 12.5 Å². The predicted molar refractivity (Wildman–Crippen MR) is 64.9 cm³/mol. The average Bonchev–Trinajstić information content (AvgIpc) is 2.29. The highest BCUT2D eigenvalue weighted by molar-refractivity contribution is 5.45. The van der Waals surface area contributed by atoms with Crippen LogP contribution in [0.5, 0.6) is 5.88 Å². The summed E-state index contributed by atoms with van der Waals surface area (Å²) >= 11 is 0. The molecular weight excluding hydrogens is 222 g/mol. The standard InChI is InChI=1S/C11H17N3O3/c1-3-8(4-2)7-17-11-6-9(14(15)16)5-10(12)13-11/h5-6,8H,3-4,7H2,1-2H3,(H2,12,13). The van der Waals surface area contributed by atoms with E-state index in [2.05, 4.69) is 18.8 Å². The van der Waals surface area contributed by atoms with Gasteiger partial charge in [-0.05, 0) is 5.92 Å². The molecule has 6 nitrogen and oxygen atoms in total. The van der Waals surface area contributed by atoms with E-state index >= 15 is 0 Å². The van der Waals surface area contributed by atoms with E-state index in [-0.39, 0.29) is 17.4 Å². The molecule has 2 N–H and O–H groups in total. The van der Waals surface area contributed by atoms with Crippen molar-refractivity contribution in [3.05, 3.63) is 22.2 Å². The minimum atomic E-state index is -0.512. The van der Waals surface area contributed by atoms with Crippen molar-refractivity contribution in [3.63, 3.8) is 0 Å². The second-order valence-electron chi connectivity index (χ2n) is 3.84. The number of rotatable bonds is 6. The van der Waals surface area contributed by atoms with E-state index in [0.717, 1.165) is 12.8 Å². The Bertz CT molecular complexity index is 392. The van der Waals surface area contributed by atoms with Gasteiger partial charge in [-0.3, -0.25) is 10.1 Å². The molecule has 0 bridgehead atoms. The number of nitro groups is 1. The van der Waals surface area contributed by atoms with Crippen LogP contribution in [0.4, 0.5) is 11.5 Å². The SMILES string of the molecule is CCC(CC)COc1cc([N+](=O)[O-])cc(N)n1. The van der Waals surface area contributed by atoms with Crippen LogP contribution in [0.25, 0.3) is 0 Å². The molecule has 6 heteroatoms. The molecule has 17 heavy (non-hydrogen) atoms. The van der Waals surface area contributed by atoms with E-state index in [1.807, 2.05) is 0 Å². The van der Waals surface area contributed by atoms with Gasteiger partial charge in [-0.15, -0.1) is 0 Å². The van der Waals surface area contributed by atoms with Crippen molar-refractivity contribution < 1.29 is 9.66 Å². The normalized spacial score (nSPS) is 10.5. The molecule has 0 amide bonds. The molecule has 0 unspecified atom stereocenters. The van der Waals surface area contributed by atoms with Gasteiger partial charge in [0.1, 0.15) is 5.82 Å². The molecule has 0 spiro atoms. The smallest absolute Gasteiger partial charge is 0.278 e. The first-order valence-corrected chi connectivity index (χ1v) is 5.61. The summed E-state index contributed by atoms with van der Waals surface area (Å²) in [5, 5.41) is 10.6. The van der Waals surface area contributed by atoms with Crippen molar-refractivity contribution in [3.8, 4) is 5.88 Å². The Kier molecular flexibility index (Phi) is 4.68. The molecule has 1 heterocycles. The van der Waals surface area contributed by atoms with Gasteiger partial charge >= 0.3 is 0 Å². The monoisotopic (exact) mass is 239 g/mol. The van der Waals surface area contributed by atoms with Gasteiger partial charge in [-0.2, -0.15) is 4.98 Å². The van der Waals surface area contributed by atoms with Crippen LogP contribution in [-0.2, 0) is 0 Å². The van der Waals surface area contributed by atoms with Gasteiger partial charge in [-0.25, -0.2) is 0 Å². The zero-order valence-electron chi connectivity index (χ0n) is 10.0. The lowest BCUT2D eigenvalue weighted by Gasteiger charge is -2.13. The Hall–Kier alpha value is -1.85. The van der Waals surface area contributed by atoms with Crippen molar-refractivity contribution in [2.45, 2.75) is 26.7 Å². The number of nitrogens with zero attached hydrogens (tertiary/aromatic N) is 2. The van der Waals surface area contributed by atoms with Gasteiger partial charge in [-0.1, -0.05) is 26.7 Å². The van der Waals surface area contributed by atoms with Gasteiger partial charge in [0.15, 0.2) is 0 Å². The Balaban J connectivity index is 2.74. The van der Waals surface area contributed by atoms with E-state index in [9.17, 15) is 10.1 Å². The fourth-order valence-corrected chi connectivity index (χ4v) is 1.42. The minimum Gasteiger partial charge on any atom is -0.477 e. The van der Waals surface area contributed by atoms with Crippen LogP contribution in [0.15, 0.2) is 12.1 Å². The van der Waals surface area contributed by atoms with Gasteiger partial charge < -0.3 is 10.5 Å². The Morgan fingerprint density at radius 3 is 2.65 bits per heavy atom. The van der Waals surface area contributed by atoms with E-state index in [1.54, 1.807) is 0 Å². The fourth-order valence-electron chi connectivity index (χ4n) is 1.42. The molecule has 0 saturated heterocycles. The molecular formula is C11H17N3O3. The second-order valence-corrected chi connectivity index (χ2v) is 3.84. The largest absolute Gasteiger partial charge is 0.477 e. The number of hydrogen-bond acceptors (Lipinski definition) is 5. The molecule has 0 aromatic carbocycles. The maximum atomic E-state index is 10.6. The fraction of sp³-hybridized carbons (Fsp3) is 0.545. The van der Waals surface area contributed by atoms with Crippen LogP contribution < -0.4 is 10.5 Å². The number of hydrogen-bond donors (Lipinski definition) is 1. The van der Waals surface area contributed by atoms with E-state index < -0.39 is 4.92 Å². The zero-order valence-corrected chi connectivity index (χ0v) is 10.0. The van der Waals surface area contributed by atoms with Gasteiger partial charge in [0, 0.05) is 0 Å². The summed E-state index contributed by atoms with van der Waals surface area (Å²) in [5.74, 6) is 0.736. The topological polar surface area (TPSA) is 91.3 Å². The van der Waals surface area contributed by atoms with Gasteiger partial charge in [0.05, 0.1) is 23.7 Å². The summed E-state index contributed by atoms with van der Waals surface area (Å²) in [6.45, 7) is 4.65. The molecule has 0 atom stereocenters. The number of nitrogens with two attached hydrogens (primary N) is 1. The highest BCUT2D eigenvalue weighted by atomic mass is 16.6. The summed E-state index contributed by atoms with van der Waals surface area (Å²) in [5.41, 5.74) is 5.37. The molecule has 0 radical (unpaired) electrons. The van der Waals surface area contributed by atoms with Gasteiger partial charge in [0.2, 0.25) is 5.88 Å². The maximum Gasteiger partial charge on any atom is 0.278 e. The van der Waals surface area contributed by atoms with Crippen molar-refractivity contribution in [2.75, 3.05) is 12.3 Å². The lowest BCUT2D eigenvalue weighted by Crippen LogP contribution is -2.11. The van der Waals surface area contributed by atoms with E-state index in [1.165, 1.54) is 12.1 Å². The van der Waals surface area contributed by atoms with Crippen LogP contribution in [0.1, 0.15) is 26.7 Å². The van der Waals surface area contributed by atoms with E-state index in [4.69, 9.17) is 10.5 Å². The average molecular weight is 239 g/mol. The van der Waals surface area contributed by atoms with Gasteiger partial charge in [0.25, 0.3) is 5.69 Å². The Morgan fingerprint density at radius 2 is 2.12 bits per heavy atom. The summed E-state index contributed by atoms with van der Waals surface area (Å²) in [4.78, 5) is 14.0. The number of aromatic nitrogens is 1. The number of pyridine rings is 1. The third kappa shape index (κ3) is 3.90. The van der Waals surface area contributed by atoms with Crippen molar-refractivity contribution in [2.24, 2.45) is 5.92 Å². The third-order valence-electron chi connectivity index (χ3n) is 2.64. The van der Waals surface area contributed by atoms with Crippen LogP contribution in [-0.4, -0.2) is 16.5 Å². The summed E-state index contributed by atoms with van der Waals surface area (Å²) in [6.07, 6.45) is 2.00. The highest BCUT2D eigenvalue weighted by Gasteiger charge is 2.12. The predicted octanol–water partition coefficient (Wildman–Crippen LogP) is 2.39. The number of ether oxygens (including phenoxy) is 1. The zero-order chi connectivity index (χ0) is 12.8. The van der Waals surface area contributed by atoms with Crippen molar-refractivity contribution >= 4 is 11.5 Å². The minimum absolute atomic E-state index is 0.0961. The van der Waals surface area contributed by atoms with Crippen molar-refractivity contribution in [1.82, 2.24) is 4.98 Å². The number of anilines is 1. The number of nitrogen functional groups attached to an aromatic ring is 1. The first-order valence-electron chi connectivity index (χ1n) is 5.61. The van der Waals surface area contributed by atoms with Crippen LogP contribution in [0.3, 0.4) is 0 Å². The second kappa shape index (κ2) is 6.03. The third-order valence-corrected chi connectivity index (χ3v) is 2.64. The molecule has 94 valence electrons. The summed E-state index contributed by atoms with van der Waals surface area (Å²) in [7, 11) is 0. The lowest BCUT2D eigenvalue weighted by atomic mass is 10.1.